The Labute approximate surface area is 95.7 Å². The number of carboxylic acid groups (broad SMARTS) is 1. The lowest BCUT2D eigenvalue weighted by Crippen LogP contribution is -2.20. The van der Waals surface area contributed by atoms with Crippen molar-refractivity contribution >= 4 is 5.97 Å². The molecule has 0 spiro atoms. The Balaban J connectivity index is 3.51. The third-order valence-corrected chi connectivity index (χ3v) is 2.57. The zero-order chi connectivity index (χ0) is 12.5. The molecule has 16 heavy (non-hydrogen) atoms. The van der Waals surface area contributed by atoms with Gasteiger partial charge in [-0.25, -0.2) is 4.79 Å². The van der Waals surface area contributed by atoms with E-state index in [4.69, 9.17) is 5.11 Å². The smallest absolute Gasteiger partial charge is 0.335 e. The van der Waals surface area contributed by atoms with E-state index in [9.17, 15) is 9.90 Å². The first kappa shape index (κ1) is 12.7. The van der Waals surface area contributed by atoms with Gasteiger partial charge >= 0.3 is 5.97 Å². The molecule has 1 aromatic carbocycles. The summed E-state index contributed by atoms with van der Waals surface area (Å²) in [6, 6.07) is 5.03. The molecule has 0 unspecified atom stereocenters. The molecule has 0 atom stereocenters. The molecule has 0 radical (unpaired) electrons. The summed E-state index contributed by atoms with van der Waals surface area (Å²) in [4.78, 5) is 11.1. The molecule has 0 aromatic heterocycles. The zero-order valence-electron chi connectivity index (χ0n) is 10.1. The van der Waals surface area contributed by atoms with E-state index in [0.29, 0.717) is 11.1 Å². The summed E-state index contributed by atoms with van der Waals surface area (Å²) < 4.78 is 0. The highest BCUT2D eigenvalue weighted by atomic mass is 16.4. The minimum Gasteiger partial charge on any atom is -0.478 e. The van der Waals surface area contributed by atoms with Gasteiger partial charge in [0.25, 0.3) is 0 Å². The predicted molar refractivity (Wildman–Crippen MR) is 62.7 cm³/mol. The number of aromatic carboxylic acids is 1. The molecule has 3 heteroatoms. The number of benzene rings is 1. The Bertz CT molecular complexity index is 400. The Morgan fingerprint density at radius 2 is 1.88 bits per heavy atom. The van der Waals surface area contributed by atoms with Crippen molar-refractivity contribution in [2.45, 2.75) is 39.2 Å². The van der Waals surface area contributed by atoms with Crippen molar-refractivity contribution in [1.82, 2.24) is 0 Å². The van der Waals surface area contributed by atoms with E-state index in [1.54, 1.807) is 32.0 Å². The monoisotopic (exact) mass is 222 g/mol. The molecule has 0 fully saturated rings. The minimum atomic E-state index is -1.02. The summed E-state index contributed by atoms with van der Waals surface area (Å²) in [6.07, 6.45) is 0. The lowest BCUT2D eigenvalue weighted by Gasteiger charge is -2.24. The van der Waals surface area contributed by atoms with Crippen LogP contribution in [0, 0.1) is 0 Å². The molecular formula is C13H18O3. The summed E-state index contributed by atoms with van der Waals surface area (Å²) in [5.74, 6) is -0.886. The molecule has 0 bridgehead atoms. The number of rotatable bonds is 3. The molecule has 0 saturated heterocycles. The Hall–Kier alpha value is -1.35. The van der Waals surface area contributed by atoms with Gasteiger partial charge in [-0.05, 0) is 37.0 Å². The molecule has 88 valence electrons. The van der Waals surface area contributed by atoms with Crippen molar-refractivity contribution in [3.63, 3.8) is 0 Å². The topological polar surface area (TPSA) is 57.5 Å². The van der Waals surface area contributed by atoms with Crippen LogP contribution < -0.4 is 0 Å². The van der Waals surface area contributed by atoms with Gasteiger partial charge in [-0.3, -0.25) is 0 Å². The van der Waals surface area contributed by atoms with Crippen molar-refractivity contribution in [3.05, 3.63) is 34.9 Å². The van der Waals surface area contributed by atoms with Crippen LogP contribution in [0.25, 0.3) is 0 Å². The molecule has 0 saturated carbocycles. The second kappa shape index (κ2) is 4.26. The van der Waals surface area contributed by atoms with E-state index in [2.05, 4.69) is 0 Å². The standard InChI is InChI=1S/C13H18O3/c1-8(2)11-9(12(14)15)6-5-7-10(11)13(3,4)16/h5-8,16H,1-4H3,(H,14,15). The maximum absolute atomic E-state index is 11.1. The van der Waals surface area contributed by atoms with Crippen molar-refractivity contribution in [1.29, 1.82) is 0 Å². The summed E-state index contributed by atoms with van der Waals surface area (Å²) in [5, 5.41) is 19.2. The summed E-state index contributed by atoms with van der Waals surface area (Å²) in [6.45, 7) is 7.19. The number of hydrogen-bond donors (Lipinski definition) is 2. The average Bonchev–Trinajstić information content (AvgIpc) is 2.14. The first-order chi connectivity index (χ1) is 7.25. The van der Waals surface area contributed by atoms with E-state index in [-0.39, 0.29) is 11.5 Å². The Kier molecular flexibility index (Phi) is 3.38. The third-order valence-electron chi connectivity index (χ3n) is 2.57. The van der Waals surface area contributed by atoms with Gasteiger partial charge in [-0.2, -0.15) is 0 Å². The van der Waals surface area contributed by atoms with Crippen LogP contribution in [0.1, 0.15) is 55.1 Å². The van der Waals surface area contributed by atoms with Gasteiger partial charge < -0.3 is 10.2 Å². The van der Waals surface area contributed by atoms with Crippen molar-refractivity contribution in [2.75, 3.05) is 0 Å². The van der Waals surface area contributed by atoms with Crippen molar-refractivity contribution < 1.29 is 15.0 Å². The normalized spacial score (nSPS) is 11.9. The second-order valence-electron chi connectivity index (χ2n) is 4.79. The van der Waals surface area contributed by atoms with Crippen LogP contribution in [0.5, 0.6) is 0 Å². The summed E-state index contributed by atoms with van der Waals surface area (Å²) in [7, 11) is 0. The van der Waals surface area contributed by atoms with Crippen LogP contribution in [0.4, 0.5) is 0 Å². The maximum atomic E-state index is 11.1. The zero-order valence-corrected chi connectivity index (χ0v) is 10.1. The van der Waals surface area contributed by atoms with Crippen LogP contribution >= 0.6 is 0 Å². The highest BCUT2D eigenvalue weighted by Crippen LogP contribution is 2.31. The first-order valence-corrected chi connectivity index (χ1v) is 5.34. The fraction of sp³-hybridized carbons (Fsp3) is 0.462. The lowest BCUT2D eigenvalue weighted by atomic mass is 9.85. The SMILES string of the molecule is CC(C)c1c(C(=O)O)cccc1C(C)(C)O. The molecular weight excluding hydrogens is 204 g/mol. The highest BCUT2D eigenvalue weighted by Gasteiger charge is 2.25. The largest absolute Gasteiger partial charge is 0.478 e. The number of aliphatic hydroxyl groups is 1. The van der Waals surface area contributed by atoms with Gasteiger partial charge in [-0.1, -0.05) is 26.0 Å². The minimum absolute atomic E-state index is 0.0636. The number of carboxylic acids is 1. The van der Waals surface area contributed by atoms with E-state index in [0.717, 1.165) is 0 Å². The quantitative estimate of drug-likeness (QED) is 0.826. The van der Waals surface area contributed by atoms with E-state index in [1.807, 2.05) is 13.8 Å². The van der Waals surface area contributed by atoms with Crippen LogP contribution in [-0.4, -0.2) is 16.2 Å². The van der Waals surface area contributed by atoms with Gasteiger partial charge in [0.05, 0.1) is 11.2 Å². The molecule has 0 amide bonds. The Morgan fingerprint density at radius 3 is 2.25 bits per heavy atom. The van der Waals surface area contributed by atoms with Crippen molar-refractivity contribution in [3.8, 4) is 0 Å². The molecule has 0 aliphatic rings. The highest BCUT2D eigenvalue weighted by molar-refractivity contribution is 5.90. The van der Waals surface area contributed by atoms with Gasteiger partial charge in [0.2, 0.25) is 0 Å². The van der Waals surface area contributed by atoms with Crippen LogP contribution in [0.3, 0.4) is 0 Å². The van der Waals surface area contributed by atoms with E-state index < -0.39 is 11.6 Å². The van der Waals surface area contributed by atoms with E-state index in [1.165, 1.54) is 0 Å². The van der Waals surface area contributed by atoms with Gasteiger partial charge in [0.1, 0.15) is 0 Å². The summed E-state index contributed by atoms with van der Waals surface area (Å²) >= 11 is 0. The fourth-order valence-corrected chi connectivity index (χ4v) is 1.91. The molecule has 0 heterocycles. The second-order valence-corrected chi connectivity index (χ2v) is 4.79. The van der Waals surface area contributed by atoms with Gasteiger partial charge in [-0.15, -0.1) is 0 Å². The molecule has 3 nitrogen and oxygen atoms in total. The lowest BCUT2D eigenvalue weighted by molar-refractivity contribution is 0.0688. The van der Waals surface area contributed by atoms with Crippen LogP contribution in [0.2, 0.25) is 0 Å². The van der Waals surface area contributed by atoms with Crippen LogP contribution in [0.15, 0.2) is 18.2 Å². The molecule has 0 aliphatic heterocycles. The van der Waals surface area contributed by atoms with Gasteiger partial charge in [0.15, 0.2) is 0 Å². The number of hydrogen-bond acceptors (Lipinski definition) is 2. The molecule has 1 rings (SSSR count). The van der Waals surface area contributed by atoms with E-state index >= 15 is 0 Å². The van der Waals surface area contributed by atoms with Crippen molar-refractivity contribution in [2.24, 2.45) is 0 Å². The Morgan fingerprint density at radius 1 is 1.31 bits per heavy atom. The third kappa shape index (κ3) is 2.42. The average molecular weight is 222 g/mol. The molecule has 0 aliphatic carbocycles. The predicted octanol–water partition coefficient (Wildman–Crippen LogP) is 2.74. The molecule has 2 N–H and O–H groups in total. The first-order valence-electron chi connectivity index (χ1n) is 5.34. The fourth-order valence-electron chi connectivity index (χ4n) is 1.91. The van der Waals surface area contributed by atoms with Gasteiger partial charge in [0, 0.05) is 0 Å². The summed E-state index contributed by atoms with van der Waals surface area (Å²) in [5.41, 5.74) is 0.643. The number of carbonyl (C=O) groups is 1. The van der Waals surface area contributed by atoms with Crippen LogP contribution in [-0.2, 0) is 5.60 Å². The maximum Gasteiger partial charge on any atom is 0.335 e. The molecule has 1 aromatic rings.